The number of halogens is 2. The fourth-order valence-electron chi connectivity index (χ4n) is 3.82. The molecule has 0 radical (unpaired) electrons. The molecule has 0 aliphatic rings. The smallest absolute Gasteiger partial charge is 0.224 e. The standard InChI is InChI=1S/C27H30F2N2O3/c1-2-18-6-5-7-19(10-18)16-30-17-26(33)24(13-20-11-22(28)15-23(29)12-20)31-27(34)14-21-8-3-4-9-25(21)32/h3-12,15,24,26,30,32-33H,2,13-14,16-17H2,1H3,(H,31,34)/t24-,26-/m0/s1. The second-order valence-electron chi connectivity index (χ2n) is 8.33. The molecule has 3 aromatic carbocycles. The summed E-state index contributed by atoms with van der Waals surface area (Å²) < 4.78 is 27.4. The van der Waals surface area contributed by atoms with Gasteiger partial charge >= 0.3 is 0 Å². The lowest BCUT2D eigenvalue weighted by Crippen LogP contribution is -2.49. The summed E-state index contributed by atoms with van der Waals surface area (Å²) in [6.45, 7) is 2.77. The number of aliphatic hydroxyl groups excluding tert-OH is 1. The molecule has 3 rings (SSSR count). The van der Waals surface area contributed by atoms with Crippen LogP contribution in [0.25, 0.3) is 0 Å². The summed E-state index contributed by atoms with van der Waals surface area (Å²) in [6, 6.07) is 16.9. The molecule has 180 valence electrons. The summed E-state index contributed by atoms with van der Waals surface area (Å²) in [4.78, 5) is 12.7. The van der Waals surface area contributed by atoms with Crippen molar-refractivity contribution >= 4 is 5.91 Å². The summed E-state index contributed by atoms with van der Waals surface area (Å²) in [7, 11) is 0. The van der Waals surface area contributed by atoms with Gasteiger partial charge in [0.2, 0.25) is 5.91 Å². The van der Waals surface area contributed by atoms with Gasteiger partial charge in [0.15, 0.2) is 0 Å². The predicted octanol–water partition coefficient (Wildman–Crippen LogP) is 3.65. The van der Waals surface area contributed by atoms with Crippen LogP contribution in [0.3, 0.4) is 0 Å². The lowest BCUT2D eigenvalue weighted by atomic mass is 10.00. The highest BCUT2D eigenvalue weighted by Crippen LogP contribution is 2.17. The van der Waals surface area contributed by atoms with Crippen LogP contribution in [0.4, 0.5) is 8.78 Å². The van der Waals surface area contributed by atoms with E-state index in [2.05, 4.69) is 23.6 Å². The largest absolute Gasteiger partial charge is 0.508 e. The van der Waals surface area contributed by atoms with Crippen molar-refractivity contribution in [1.29, 1.82) is 0 Å². The van der Waals surface area contributed by atoms with Crippen molar-refractivity contribution < 1.29 is 23.8 Å². The first kappa shape index (κ1) is 25.3. The molecule has 3 aromatic rings. The van der Waals surface area contributed by atoms with Gasteiger partial charge in [-0.1, -0.05) is 49.4 Å². The molecule has 0 saturated heterocycles. The van der Waals surface area contributed by atoms with Crippen molar-refractivity contribution in [2.45, 2.75) is 44.9 Å². The number of para-hydroxylation sites is 1. The topological polar surface area (TPSA) is 81.6 Å². The molecular weight excluding hydrogens is 438 g/mol. The third kappa shape index (κ3) is 7.64. The van der Waals surface area contributed by atoms with Gasteiger partial charge in [0.25, 0.3) is 0 Å². The molecule has 7 heteroatoms. The molecule has 0 aliphatic carbocycles. The van der Waals surface area contributed by atoms with Gasteiger partial charge < -0.3 is 20.8 Å². The average Bonchev–Trinajstić information content (AvgIpc) is 2.79. The Bertz CT molecular complexity index is 1090. The number of carbonyl (C=O) groups excluding carboxylic acids is 1. The molecule has 34 heavy (non-hydrogen) atoms. The number of phenolic OH excluding ortho intramolecular Hbond substituents is 1. The molecule has 0 aliphatic heterocycles. The molecule has 0 saturated carbocycles. The maximum atomic E-state index is 13.7. The van der Waals surface area contributed by atoms with Crippen LogP contribution in [0.15, 0.2) is 66.7 Å². The SMILES string of the molecule is CCc1cccc(CNC[C@H](O)[C@H](Cc2cc(F)cc(F)c2)NC(=O)Cc2ccccc2O)c1. The van der Waals surface area contributed by atoms with Gasteiger partial charge in [-0.3, -0.25) is 4.79 Å². The van der Waals surface area contributed by atoms with Crippen LogP contribution in [0, 0.1) is 11.6 Å². The van der Waals surface area contributed by atoms with E-state index >= 15 is 0 Å². The van der Waals surface area contributed by atoms with Gasteiger partial charge in [-0.05, 0) is 47.7 Å². The summed E-state index contributed by atoms with van der Waals surface area (Å²) >= 11 is 0. The summed E-state index contributed by atoms with van der Waals surface area (Å²) in [6.07, 6.45) is -0.153. The van der Waals surface area contributed by atoms with E-state index in [9.17, 15) is 23.8 Å². The number of aromatic hydroxyl groups is 1. The minimum absolute atomic E-state index is 0.00192. The molecule has 0 aromatic heterocycles. The van der Waals surface area contributed by atoms with Crippen LogP contribution < -0.4 is 10.6 Å². The number of rotatable bonds is 11. The Morgan fingerprint density at radius 2 is 1.65 bits per heavy atom. The monoisotopic (exact) mass is 468 g/mol. The van der Waals surface area contributed by atoms with Crippen molar-refractivity contribution in [3.05, 3.63) is 101 Å². The molecular formula is C27H30F2N2O3. The second-order valence-corrected chi connectivity index (χ2v) is 8.33. The Kier molecular flexibility index (Phi) is 9.13. The number of aryl methyl sites for hydroxylation is 1. The van der Waals surface area contributed by atoms with Crippen LogP contribution in [0.1, 0.15) is 29.2 Å². The number of hydrogen-bond donors (Lipinski definition) is 4. The van der Waals surface area contributed by atoms with Gasteiger partial charge in [0.1, 0.15) is 17.4 Å². The van der Waals surface area contributed by atoms with Crippen molar-refractivity contribution in [1.82, 2.24) is 10.6 Å². The third-order valence-electron chi connectivity index (χ3n) is 5.61. The molecule has 0 unspecified atom stereocenters. The van der Waals surface area contributed by atoms with Crippen molar-refractivity contribution in [3.8, 4) is 5.75 Å². The first-order valence-electron chi connectivity index (χ1n) is 11.3. The molecule has 0 heterocycles. The van der Waals surface area contributed by atoms with E-state index in [-0.39, 0.29) is 25.1 Å². The highest BCUT2D eigenvalue weighted by atomic mass is 19.1. The number of aliphatic hydroxyl groups is 1. The molecule has 0 bridgehead atoms. The molecule has 1 amide bonds. The van der Waals surface area contributed by atoms with Crippen LogP contribution >= 0.6 is 0 Å². The number of nitrogens with one attached hydrogen (secondary N) is 2. The van der Waals surface area contributed by atoms with Gasteiger partial charge in [-0.15, -0.1) is 0 Å². The molecule has 0 fully saturated rings. The Balaban J connectivity index is 1.67. The molecule has 2 atom stereocenters. The van der Waals surface area contributed by atoms with Crippen molar-refractivity contribution in [3.63, 3.8) is 0 Å². The minimum Gasteiger partial charge on any atom is -0.508 e. The average molecular weight is 469 g/mol. The van der Waals surface area contributed by atoms with Crippen LogP contribution in [-0.2, 0) is 30.6 Å². The van der Waals surface area contributed by atoms with Gasteiger partial charge in [0, 0.05) is 24.7 Å². The van der Waals surface area contributed by atoms with E-state index in [4.69, 9.17) is 0 Å². The van der Waals surface area contributed by atoms with Crippen molar-refractivity contribution in [2.75, 3.05) is 6.54 Å². The lowest BCUT2D eigenvalue weighted by molar-refractivity contribution is -0.122. The Morgan fingerprint density at radius 3 is 2.35 bits per heavy atom. The van der Waals surface area contributed by atoms with E-state index in [0.29, 0.717) is 17.7 Å². The fourth-order valence-corrected chi connectivity index (χ4v) is 3.82. The number of hydrogen-bond acceptors (Lipinski definition) is 4. The zero-order valence-electron chi connectivity index (χ0n) is 19.1. The Hall–Kier alpha value is -3.29. The minimum atomic E-state index is -1.02. The Morgan fingerprint density at radius 1 is 0.941 bits per heavy atom. The molecule has 0 spiro atoms. The number of phenols is 1. The zero-order valence-corrected chi connectivity index (χ0v) is 19.1. The highest BCUT2D eigenvalue weighted by Gasteiger charge is 2.23. The quantitative estimate of drug-likeness (QED) is 0.346. The van der Waals surface area contributed by atoms with Crippen LogP contribution in [-0.4, -0.2) is 34.8 Å². The van der Waals surface area contributed by atoms with E-state index in [1.54, 1.807) is 18.2 Å². The maximum absolute atomic E-state index is 13.7. The van der Waals surface area contributed by atoms with Crippen LogP contribution in [0.5, 0.6) is 5.75 Å². The summed E-state index contributed by atoms with van der Waals surface area (Å²) in [5.41, 5.74) is 3.04. The van der Waals surface area contributed by atoms with Gasteiger partial charge in [-0.25, -0.2) is 8.78 Å². The lowest BCUT2D eigenvalue weighted by Gasteiger charge is -2.25. The Labute approximate surface area is 198 Å². The number of benzene rings is 3. The highest BCUT2D eigenvalue weighted by molar-refractivity contribution is 5.79. The van der Waals surface area contributed by atoms with E-state index < -0.39 is 29.7 Å². The predicted molar refractivity (Wildman–Crippen MR) is 127 cm³/mol. The normalized spacial score (nSPS) is 12.8. The summed E-state index contributed by atoms with van der Waals surface area (Å²) in [5, 5.41) is 26.7. The fraction of sp³-hybridized carbons (Fsp3) is 0.296. The van der Waals surface area contributed by atoms with E-state index in [1.165, 1.54) is 23.8 Å². The van der Waals surface area contributed by atoms with Gasteiger partial charge in [0.05, 0.1) is 18.6 Å². The van der Waals surface area contributed by atoms with Gasteiger partial charge in [-0.2, -0.15) is 0 Å². The van der Waals surface area contributed by atoms with Crippen molar-refractivity contribution in [2.24, 2.45) is 0 Å². The van der Waals surface area contributed by atoms with E-state index in [1.807, 2.05) is 18.2 Å². The van der Waals surface area contributed by atoms with E-state index in [0.717, 1.165) is 18.1 Å². The number of carbonyl (C=O) groups is 1. The second kappa shape index (κ2) is 12.3. The summed E-state index contributed by atoms with van der Waals surface area (Å²) in [5.74, 6) is -1.87. The zero-order chi connectivity index (χ0) is 24.5. The van der Waals surface area contributed by atoms with Crippen LogP contribution in [0.2, 0.25) is 0 Å². The maximum Gasteiger partial charge on any atom is 0.224 e. The third-order valence-corrected chi connectivity index (χ3v) is 5.61. The number of amides is 1. The first-order chi connectivity index (χ1) is 16.3. The molecule has 5 nitrogen and oxygen atoms in total. The molecule has 4 N–H and O–H groups in total. The first-order valence-corrected chi connectivity index (χ1v) is 11.3.